The molecule has 2 aromatic rings. The predicted molar refractivity (Wildman–Crippen MR) is 82.8 cm³/mol. The number of carboxylic acid groups (broad SMARTS) is 1. The van der Waals surface area contributed by atoms with E-state index in [2.05, 4.69) is 21.0 Å². The van der Waals surface area contributed by atoms with E-state index in [0.717, 1.165) is 22.3 Å². The van der Waals surface area contributed by atoms with Crippen LogP contribution in [0, 0.1) is 6.92 Å². The first-order valence-corrected chi connectivity index (χ1v) is 7.41. The smallest absolute Gasteiger partial charge is 0.336 e. The van der Waals surface area contributed by atoms with Crippen LogP contribution in [0.5, 0.6) is 5.75 Å². The van der Waals surface area contributed by atoms with Crippen LogP contribution in [0.15, 0.2) is 22.7 Å². The minimum absolute atomic E-state index is 0.255. The maximum atomic E-state index is 11.1. The Morgan fingerprint density at radius 2 is 2.19 bits per heavy atom. The number of nitrogens with zero attached hydrogens (tertiary/aromatic N) is 2. The van der Waals surface area contributed by atoms with E-state index in [-0.39, 0.29) is 5.56 Å². The van der Waals surface area contributed by atoms with Crippen molar-refractivity contribution in [3.05, 3.63) is 45.2 Å². The summed E-state index contributed by atoms with van der Waals surface area (Å²) in [5.74, 6) is -0.381. The van der Waals surface area contributed by atoms with Gasteiger partial charge in [-0.15, -0.1) is 0 Å². The second-order valence-electron chi connectivity index (χ2n) is 4.71. The fourth-order valence-corrected chi connectivity index (χ4v) is 2.86. The number of benzene rings is 1. The number of aromatic carboxylic acids is 1. The van der Waals surface area contributed by atoms with Crippen molar-refractivity contribution >= 4 is 21.9 Å². The van der Waals surface area contributed by atoms with E-state index < -0.39 is 5.97 Å². The van der Waals surface area contributed by atoms with E-state index in [9.17, 15) is 4.79 Å². The van der Waals surface area contributed by atoms with Gasteiger partial charge in [-0.2, -0.15) is 5.10 Å². The summed E-state index contributed by atoms with van der Waals surface area (Å²) in [5.41, 5.74) is 2.78. The number of hydrogen-bond donors (Lipinski definition) is 1. The highest BCUT2D eigenvalue weighted by Gasteiger charge is 2.15. The van der Waals surface area contributed by atoms with Crippen LogP contribution in [0.25, 0.3) is 0 Å². The van der Waals surface area contributed by atoms with Gasteiger partial charge in [0, 0.05) is 12.6 Å². The number of rotatable bonds is 5. The Hall–Kier alpha value is -1.82. The normalized spacial score (nSPS) is 10.7. The number of carboxylic acids is 1. The molecule has 5 nitrogen and oxygen atoms in total. The van der Waals surface area contributed by atoms with Crippen molar-refractivity contribution in [2.24, 2.45) is 7.05 Å². The number of aromatic nitrogens is 2. The summed E-state index contributed by atoms with van der Waals surface area (Å²) in [6.07, 6.45) is 0.835. The molecule has 2 rings (SSSR count). The van der Waals surface area contributed by atoms with Crippen LogP contribution in [0.4, 0.5) is 0 Å². The summed E-state index contributed by atoms with van der Waals surface area (Å²) in [7, 11) is 1.86. The molecule has 0 amide bonds. The molecule has 0 radical (unpaired) electrons. The summed E-state index contributed by atoms with van der Waals surface area (Å²) in [4.78, 5) is 11.1. The van der Waals surface area contributed by atoms with Gasteiger partial charge in [0.05, 0.1) is 21.4 Å². The number of ether oxygens (including phenoxy) is 1. The van der Waals surface area contributed by atoms with Crippen LogP contribution in [0.2, 0.25) is 0 Å². The number of halogens is 1. The average Bonchev–Trinajstić information content (AvgIpc) is 2.72. The van der Waals surface area contributed by atoms with Gasteiger partial charge in [-0.3, -0.25) is 4.68 Å². The van der Waals surface area contributed by atoms with Crippen molar-refractivity contribution in [1.29, 1.82) is 0 Å². The molecular weight excluding hydrogens is 336 g/mol. The molecule has 1 N–H and O–H groups in total. The third-order valence-electron chi connectivity index (χ3n) is 3.38. The van der Waals surface area contributed by atoms with E-state index >= 15 is 0 Å². The summed E-state index contributed by atoms with van der Waals surface area (Å²) < 4.78 is 8.50. The van der Waals surface area contributed by atoms with Gasteiger partial charge >= 0.3 is 5.97 Å². The lowest BCUT2D eigenvalue weighted by Crippen LogP contribution is -2.06. The molecule has 0 saturated carbocycles. The van der Waals surface area contributed by atoms with Crippen LogP contribution in [-0.4, -0.2) is 20.9 Å². The van der Waals surface area contributed by atoms with Crippen molar-refractivity contribution in [2.45, 2.75) is 26.9 Å². The molecule has 0 aliphatic rings. The monoisotopic (exact) mass is 352 g/mol. The first-order valence-electron chi connectivity index (χ1n) is 6.61. The van der Waals surface area contributed by atoms with Crippen molar-refractivity contribution in [3.63, 3.8) is 0 Å². The highest BCUT2D eigenvalue weighted by Crippen LogP contribution is 2.26. The molecule has 21 heavy (non-hydrogen) atoms. The number of hydrogen-bond acceptors (Lipinski definition) is 3. The molecule has 0 bridgehead atoms. The highest BCUT2D eigenvalue weighted by atomic mass is 79.9. The van der Waals surface area contributed by atoms with Crippen LogP contribution in [0.3, 0.4) is 0 Å². The Morgan fingerprint density at radius 1 is 1.48 bits per heavy atom. The lowest BCUT2D eigenvalue weighted by atomic mass is 10.1. The van der Waals surface area contributed by atoms with E-state index in [0.29, 0.717) is 17.9 Å². The van der Waals surface area contributed by atoms with E-state index in [1.54, 1.807) is 29.8 Å². The number of aryl methyl sites for hydroxylation is 2. The Kier molecular flexibility index (Phi) is 4.67. The largest absolute Gasteiger partial charge is 0.487 e. The first kappa shape index (κ1) is 15.6. The van der Waals surface area contributed by atoms with E-state index in [1.807, 2.05) is 14.0 Å². The lowest BCUT2D eigenvalue weighted by Gasteiger charge is -2.11. The third kappa shape index (κ3) is 3.10. The van der Waals surface area contributed by atoms with E-state index in [4.69, 9.17) is 9.84 Å². The lowest BCUT2D eigenvalue weighted by molar-refractivity contribution is 0.0695. The van der Waals surface area contributed by atoms with Crippen molar-refractivity contribution in [2.75, 3.05) is 0 Å². The average molecular weight is 353 g/mol. The van der Waals surface area contributed by atoms with Crippen LogP contribution in [0.1, 0.15) is 34.2 Å². The minimum atomic E-state index is -0.951. The molecule has 1 aromatic heterocycles. The number of carbonyl (C=O) groups is 1. The summed E-state index contributed by atoms with van der Waals surface area (Å²) in [6, 6.07) is 5.02. The quantitative estimate of drug-likeness (QED) is 0.896. The fraction of sp³-hybridized carbons (Fsp3) is 0.333. The van der Waals surface area contributed by atoms with Crippen molar-refractivity contribution in [3.8, 4) is 5.75 Å². The molecule has 0 aliphatic carbocycles. The van der Waals surface area contributed by atoms with Gasteiger partial charge < -0.3 is 9.84 Å². The third-order valence-corrected chi connectivity index (χ3v) is 4.30. The van der Waals surface area contributed by atoms with Gasteiger partial charge in [0.25, 0.3) is 0 Å². The van der Waals surface area contributed by atoms with Gasteiger partial charge in [-0.25, -0.2) is 4.79 Å². The maximum absolute atomic E-state index is 11.1. The SMILES string of the molecule is CCc1nn(C)c(COc2cccc(C(=O)O)c2C)c1Br. The minimum Gasteiger partial charge on any atom is -0.487 e. The highest BCUT2D eigenvalue weighted by molar-refractivity contribution is 9.10. The molecule has 112 valence electrons. The Morgan fingerprint density at radius 3 is 2.76 bits per heavy atom. The van der Waals surface area contributed by atoms with E-state index in [1.165, 1.54) is 0 Å². The zero-order chi connectivity index (χ0) is 15.6. The summed E-state index contributed by atoms with van der Waals surface area (Å²) >= 11 is 3.53. The fourth-order valence-electron chi connectivity index (χ4n) is 2.13. The zero-order valence-electron chi connectivity index (χ0n) is 12.2. The molecule has 0 spiro atoms. The molecule has 0 atom stereocenters. The molecule has 0 unspecified atom stereocenters. The molecule has 1 heterocycles. The van der Waals surface area contributed by atoms with Crippen LogP contribution >= 0.6 is 15.9 Å². The summed E-state index contributed by atoms with van der Waals surface area (Å²) in [6.45, 7) is 4.11. The molecule has 6 heteroatoms. The van der Waals surface area contributed by atoms with Crippen LogP contribution in [-0.2, 0) is 20.1 Å². The molecule has 0 fully saturated rings. The molecule has 0 saturated heterocycles. The van der Waals surface area contributed by atoms with Crippen LogP contribution < -0.4 is 4.74 Å². The maximum Gasteiger partial charge on any atom is 0.336 e. The zero-order valence-corrected chi connectivity index (χ0v) is 13.8. The molecule has 1 aromatic carbocycles. The van der Waals surface area contributed by atoms with Gasteiger partial charge in [0.2, 0.25) is 0 Å². The molecule has 0 aliphatic heterocycles. The second-order valence-corrected chi connectivity index (χ2v) is 5.50. The Bertz CT molecular complexity index is 680. The van der Waals surface area contributed by atoms with Crippen molar-refractivity contribution < 1.29 is 14.6 Å². The first-order chi connectivity index (χ1) is 9.95. The molecular formula is C15H17BrN2O3. The Balaban J connectivity index is 2.23. The van der Waals surface area contributed by atoms with Gasteiger partial charge in [-0.05, 0) is 41.4 Å². The predicted octanol–water partition coefficient (Wildman–Crippen LogP) is 3.33. The second kappa shape index (κ2) is 6.30. The van der Waals surface area contributed by atoms with Crippen molar-refractivity contribution in [1.82, 2.24) is 9.78 Å². The topological polar surface area (TPSA) is 64.4 Å². The summed E-state index contributed by atoms with van der Waals surface area (Å²) in [5, 5.41) is 13.5. The Labute approximate surface area is 131 Å². The standard InChI is InChI=1S/C15H17BrN2O3/c1-4-11-14(16)12(18(3)17-11)8-21-13-7-5-6-10(9(13)2)15(19)20/h5-7H,4,8H2,1-3H3,(H,19,20). The van der Waals surface area contributed by atoms with Gasteiger partial charge in [0.1, 0.15) is 12.4 Å². The van der Waals surface area contributed by atoms with Gasteiger partial charge in [0.15, 0.2) is 0 Å². The van der Waals surface area contributed by atoms with Gasteiger partial charge in [-0.1, -0.05) is 13.0 Å².